The van der Waals surface area contributed by atoms with Crippen LogP contribution in [0.2, 0.25) is 0 Å². The molecule has 1 aromatic heterocycles. The van der Waals surface area contributed by atoms with Gasteiger partial charge in [0.2, 0.25) is 0 Å². The van der Waals surface area contributed by atoms with Gasteiger partial charge in [-0.3, -0.25) is 0 Å². The Morgan fingerprint density at radius 3 is 2.50 bits per heavy atom. The summed E-state index contributed by atoms with van der Waals surface area (Å²) in [4.78, 5) is 4.28. The van der Waals surface area contributed by atoms with Gasteiger partial charge < -0.3 is 11.5 Å². The lowest BCUT2D eigenvalue weighted by Crippen LogP contribution is -2.37. The van der Waals surface area contributed by atoms with E-state index in [1.54, 1.807) is 11.3 Å². The third-order valence-electron chi connectivity index (χ3n) is 2.45. The maximum Gasteiger partial charge on any atom is 0.186 e. The lowest BCUT2D eigenvalue weighted by Gasteiger charge is -2.35. The minimum Gasteiger partial charge on any atom is -0.370 e. The van der Waals surface area contributed by atoms with E-state index in [1.807, 2.05) is 6.92 Å². The molecule has 1 heterocycles. The summed E-state index contributed by atoms with van der Waals surface area (Å²) in [5.41, 5.74) is 10.6. The van der Waals surface area contributed by atoms with E-state index >= 15 is 0 Å². The van der Waals surface area contributed by atoms with E-state index in [0.717, 1.165) is 29.3 Å². The predicted octanol–water partition coefficient (Wildman–Crippen LogP) is 0.499. The van der Waals surface area contributed by atoms with Crippen molar-refractivity contribution in [3.63, 3.8) is 0 Å². The molecule has 0 aromatic carbocycles. The van der Waals surface area contributed by atoms with Crippen LogP contribution in [0.25, 0.3) is 0 Å². The van der Waals surface area contributed by atoms with Crippen LogP contribution in [0.4, 0.5) is 0 Å². The second-order valence-electron chi connectivity index (χ2n) is 3.55. The summed E-state index contributed by atoms with van der Waals surface area (Å²) >= 11 is 1.57. The molecule has 1 aliphatic carbocycles. The number of aryl methyl sites for hydroxylation is 1. The third kappa shape index (κ3) is 1.45. The van der Waals surface area contributed by atoms with Crippen LogP contribution < -0.4 is 11.5 Å². The number of hydrogen-bond donors (Lipinski definition) is 2. The first-order chi connectivity index (χ1) is 6.62. The molecule has 4 N–H and O–H groups in total. The van der Waals surface area contributed by atoms with Gasteiger partial charge in [0.25, 0.3) is 0 Å². The highest BCUT2D eigenvalue weighted by Crippen LogP contribution is 2.45. The number of nitrogens with zero attached hydrogens (tertiary/aromatic N) is 3. The van der Waals surface area contributed by atoms with Crippen molar-refractivity contribution in [2.45, 2.75) is 31.7 Å². The highest BCUT2D eigenvalue weighted by molar-refractivity contribution is 7.11. The lowest BCUT2D eigenvalue weighted by molar-refractivity contribution is 0.254. The molecule has 0 radical (unpaired) electrons. The Morgan fingerprint density at radius 2 is 2.14 bits per heavy atom. The Hall–Kier alpha value is -1.17. The van der Waals surface area contributed by atoms with Gasteiger partial charge in [0.15, 0.2) is 5.96 Å². The fourth-order valence-corrected chi connectivity index (χ4v) is 2.50. The molecule has 5 nitrogen and oxygen atoms in total. The Balaban J connectivity index is 2.33. The third-order valence-corrected chi connectivity index (χ3v) is 3.48. The minimum absolute atomic E-state index is 0.137. The summed E-state index contributed by atoms with van der Waals surface area (Å²) in [7, 11) is 0. The normalized spacial score (nSPS) is 18.6. The molecule has 0 spiro atoms. The van der Waals surface area contributed by atoms with Gasteiger partial charge in [-0.05, 0) is 26.2 Å². The smallest absolute Gasteiger partial charge is 0.186 e. The van der Waals surface area contributed by atoms with E-state index < -0.39 is 0 Å². The SMILES string of the molecule is Cc1nnc(C2(N=C(N)N)CCC2)s1. The number of nitrogens with two attached hydrogens (primary N) is 2. The van der Waals surface area contributed by atoms with E-state index in [4.69, 9.17) is 11.5 Å². The first kappa shape index (κ1) is 9.39. The molecule has 2 rings (SSSR count). The molecule has 0 saturated heterocycles. The maximum absolute atomic E-state index is 5.42. The average Bonchev–Trinajstić information content (AvgIpc) is 2.44. The fraction of sp³-hybridized carbons (Fsp3) is 0.625. The standard InChI is InChI=1S/C8H13N5S/c1-5-12-13-6(14-5)8(3-2-4-8)11-7(9)10/h2-4H2,1H3,(H4,9,10,11). The average molecular weight is 211 g/mol. The van der Waals surface area contributed by atoms with E-state index in [-0.39, 0.29) is 11.5 Å². The Kier molecular flexibility index (Phi) is 2.14. The van der Waals surface area contributed by atoms with E-state index in [0.29, 0.717) is 0 Å². The minimum atomic E-state index is -0.259. The Bertz CT molecular complexity index is 362. The Labute approximate surface area is 86.2 Å². The zero-order valence-corrected chi connectivity index (χ0v) is 8.84. The van der Waals surface area contributed by atoms with Gasteiger partial charge in [0.05, 0.1) is 0 Å². The molecule has 0 atom stereocenters. The van der Waals surface area contributed by atoms with Crippen LogP contribution in [0.15, 0.2) is 4.99 Å². The van der Waals surface area contributed by atoms with E-state index in [1.165, 1.54) is 0 Å². The molecule has 0 bridgehead atoms. The summed E-state index contributed by atoms with van der Waals surface area (Å²) in [5.74, 6) is 0.137. The molecule has 6 heteroatoms. The number of aromatic nitrogens is 2. The summed E-state index contributed by atoms with van der Waals surface area (Å²) in [6.07, 6.45) is 3.09. The molecule has 1 aromatic rings. The number of aliphatic imine (C=N–C) groups is 1. The first-order valence-electron chi connectivity index (χ1n) is 4.54. The van der Waals surface area contributed by atoms with Crippen LogP contribution in [0.5, 0.6) is 0 Å². The molecule has 0 unspecified atom stereocenters. The summed E-state index contributed by atoms with van der Waals surface area (Å²) in [6.45, 7) is 1.93. The van der Waals surface area contributed by atoms with Gasteiger partial charge in [-0.25, -0.2) is 4.99 Å². The highest BCUT2D eigenvalue weighted by atomic mass is 32.1. The molecule has 76 valence electrons. The first-order valence-corrected chi connectivity index (χ1v) is 5.35. The molecule has 0 aliphatic heterocycles. The van der Waals surface area contributed by atoms with Crippen LogP contribution in [-0.4, -0.2) is 16.2 Å². The van der Waals surface area contributed by atoms with Crippen molar-refractivity contribution in [3.05, 3.63) is 10.0 Å². The van der Waals surface area contributed by atoms with Crippen LogP contribution in [0.1, 0.15) is 29.3 Å². The second-order valence-corrected chi connectivity index (χ2v) is 4.73. The van der Waals surface area contributed by atoms with Crippen molar-refractivity contribution in [2.24, 2.45) is 16.5 Å². The molecule has 1 aliphatic rings. The van der Waals surface area contributed by atoms with Crippen molar-refractivity contribution in [3.8, 4) is 0 Å². The van der Waals surface area contributed by atoms with Crippen molar-refractivity contribution in [1.82, 2.24) is 10.2 Å². The molecule has 0 amide bonds. The van der Waals surface area contributed by atoms with Crippen molar-refractivity contribution in [2.75, 3.05) is 0 Å². The van der Waals surface area contributed by atoms with Gasteiger partial charge in [0.1, 0.15) is 15.6 Å². The largest absolute Gasteiger partial charge is 0.370 e. The predicted molar refractivity (Wildman–Crippen MR) is 56.0 cm³/mol. The van der Waals surface area contributed by atoms with E-state index in [9.17, 15) is 0 Å². The fourth-order valence-electron chi connectivity index (χ4n) is 1.62. The number of rotatable bonds is 2. The maximum atomic E-state index is 5.42. The van der Waals surface area contributed by atoms with E-state index in [2.05, 4.69) is 15.2 Å². The van der Waals surface area contributed by atoms with Crippen molar-refractivity contribution in [1.29, 1.82) is 0 Å². The monoisotopic (exact) mass is 211 g/mol. The molecular weight excluding hydrogens is 198 g/mol. The van der Waals surface area contributed by atoms with Crippen LogP contribution in [-0.2, 0) is 5.54 Å². The van der Waals surface area contributed by atoms with Gasteiger partial charge >= 0.3 is 0 Å². The number of hydrogen-bond acceptors (Lipinski definition) is 4. The topological polar surface area (TPSA) is 90.2 Å². The molecule has 1 saturated carbocycles. The molecule has 1 fully saturated rings. The van der Waals surface area contributed by atoms with Gasteiger partial charge in [-0.1, -0.05) is 11.3 Å². The van der Waals surface area contributed by atoms with Crippen LogP contribution in [0.3, 0.4) is 0 Å². The number of guanidine groups is 1. The van der Waals surface area contributed by atoms with Gasteiger partial charge in [-0.2, -0.15) is 0 Å². The van der Waals surface area contributed by atoms with Crippen LogP contribution in [0, 0.1) is 6.92 Å². The Morgan fingerprint density at radius 1 is 1.43 bits per heavy atom. The van der Waals surface area contributed by atoms with Crippen molar-refractivity contribution < 1.29 is 0 Å². The zero-order chi connectivity index (χ0) is 10.2. The highest BCUT2D eigenvalue weighted by Gasteiger charge is 2.41. The zero-order valence-electron chi connectivity index (χ0n) is 8.03. The second kappa shape index (κ2) is 3.20. The molecular formula is C8H13N5S. The summed E-state index contributed by atoms with van der Waals surface area (Å²) in [5, 5.41) is 10.00. The van der Waals surface area contributed by atoms with Gasteiger partial charge in [-0.15, -0.1) is 10.2 Å². The quantitative estimate of drug-likeness (QED) is 0.550. The van der Waals surface area contributed by atoms with Crippen molar-refractivity contribution >= 4 is 17.3 Å². The lowest BCUT2D eigenvalue weighted by atomic mass is 9.78. The summed E-state index contributed by atoms with van der Waals surface area (Å²) < 4.78 is 0. The molecule has 14 heavy (non-hydrogen) atoms. The van der Waals surface area contributed by atoms with Crippen LogP contribution >= 0.6 is 11.3 Å². The summed E-state index contributed by atoms with van der Waals surface area (Å²) in [6, 6.07) is 0. The van der Waals surface area contributed by atoms with Gasteiger partial charge in [0, 0.05) is 0 Å².